The van der Waals surface area contributed by atoms with Crippen molar-refractivity contribution in [2.45, 2.75) is 6.92 Å². The molecule has 7 nitrogen and oxygen atoms in total. The predicted molar refractivity (Wildman–Crippen MR) is 83.4 cm³/mol. The standard InChI is InChI=1S/C16H16N4O3/c1-11-6-2-3-7-12(11)15(22)18-10-14(21)19-20-16(23)13-8-4-5-9-17-13/h2-9H,10H2,1H3,(H,18,22)(H,19,21)(H,20,23). The maximum absolute atomic E-state index is 11.9. The van der Waals surface area contributed by atoms with Gasteiger partial charge in [-0.3, -0.25) is 30.2 Å². The van der Waals surface area contributed by atoms with Gasteiger partial charge >= 0.3 is 0 Å². The van der Waals surface area contributed by atoms with Gasteiger partial charge in [-0.15, -0.1) is 0 Å². The van der Waals surface area contributed by atoms with Gasteiger partial charge in [-0.1, -0.05) is 24.3 Å². The van der Waals surface area contributed by atoms with Gasteiger partial charge in [0.1, 0.15) is 5.69 Å². The number of aryl methyl sites for hydroxylation is 1. The largest absolute Gasteiger partial charge is 0.343 e. The van der Waals surface area contributed by atoms with Crippen molar-refractivity contribution >= 4 is 17.7 Å². The highest BCUT2D eigenvalue weighted by Gasteiger charge is 2.11. The minimum atomic E-state index is -0.545. The van der Waals surface area contributed by atoms with Crippen molar-refractivity contribution < 1.29 is 14.4 Å². The zero-order valence-corrected chi connectivity index (χ0v) is 12.5. The molecule has 23 heavy (non-hydrogen) atoms. The number of amides is 3. The molecule has 118 valence electrons. The normalized spacial score (nSPS) is 9.78. The van der Waals surface area contributed by atoms with Crippen LogP contribution < -0.4 is 16.2 Å². The molecule has 3 N–H and O–H groups in total. The summed E-state index contributed by atoms with van der Waals surface area (Å²) in [5.74, 6) is -1.44. The topological polar surface area (TPSA) is 100 Å². The molecule has 0 saturated carbocycles. The number of hydrogen-bond acceptors (Lipinski definition) is 4. The SMILES string of the molecule is Cc1ccccc1C(=O)NCC(=O)NNC(=O)c1ccccn1. The second-order valence-electron chi connectivity index (χ2n) is 4.71. The van der Waals surface area contributed by atoms with Crippen molar-refractivity contribution in [1.29, 1.82) is 0 Å². The van der Waals surface area contributed by atoms with Gasteiger partial charge in [-0.2, -0.15) is 0 Å². The smallest absolute Gasteiger partial charge is 0.288 e. The molecule has 0 aliphatic carbocycles. The molecule has 3 amide bonds. The Labute approximate surface area is 133 Å². The van der Waals surface area contributed by atoms with Crippen LogP contribution in [0.3, 0.4) is 0 Å². The van der Waals surface area contributed by atoms with E-state index in [4.69, 9.17) is 0 Å². The molecule has 2 rings (SSSR count). The van der Waals surface area contributed by atoms with Crippen LogP contribution in [0.1, 0.15) is 26.4 Å². The van der Waals surface area contributed by atoms with Gasteiger partial charge < -0.3 is 5.32 Å². The Balaban J connectivity index is 1.78. The fourth-order valence-electron chi connectivity index (χ4n) is 1.82. The maximum Gasteiger partial charge on any atom is 0.288 e. The van der Waals surface area contributed by atoms with Crippen molar-refractivity contribution in [3.63, 3.8) is 0 Å². The summed E-state index contributed by atoms with van der Waals surface area (Å²) >= 11 is 0. The third kappa shape index (κ3) is 4.63. The van der Waals surface area contributed by atoms with Gasteiger partial charge in [0, 0.05) is 11.8 Å². The number of hydrogen-bond donors (Lipinski definition) is 3. The quantitative estimate of drug-likeness (QED) is 0.719. The Morgan fingerprint density at radius 1 is 0.957 bits per heavy atom. The van der Waals surface area contributed by atoms with Crippen molar-refractivity contribution in [2.24, 2.45) is 0 Å². The van der Waals surface area contributed by atoms with Crippen LogP contribution in [-0.2, 0) is 4.79 Å². The van der Waals surface area contributed by atoms with E-state index >= 15 is 0 Å². The Bertz CT molecular complexity index is 716. The summed E-state index contributed by atoms with van der Waals surface area (Å²) in [5.41, 5.74) is 5.92. The zero-order valence-electron chi connectivity index (χ0n) is 12.5. The van der Waals surface area contributed by atoms with E-state index in [0.717, 1.165) is 5.56 Å². The van der Waals surface area contributed by atoms with Gasteiger partial charge in [-0.05, 0) is 30.7 Å². The van der Waals surface area contributed by atoms with Crippen LogP contribution in [0.5, 0.6) is 0 Å². The molecule has 1 heterocycles. The van der Waals surface area contributed by atoms with Crippen LogP contribution in [-0.4, -0.2) is 29.3 Å². The van der Waals surface area contributed by atoms with E-state index in [1.807, 2.05) is 19.1 Å². The molecular weight excluding hydrogens is 296 g/mol. The third-order valence-electron chi connectivity index (χ3n) is 3.01. The lowest BCUT2D eigenvalue weighted by Crippen LogP contribution is -2.46. The van der Waals surface area contributed by atoms with Gasteiger partial charge in [0.15, 0.2) is 0 Å². The molecule has 2 aromatic rings. The van der Waals surface area contributed by atoms with Crippen molar-refractivity contribution in [2.75, 3.05) is 6.54 Å². The highest BCUT2D eigenvalue weighted by Crippen LogP contribution is 2.05. The van der Waals surface area contributed by atoms with Crippen LogP contribution >= 0.6 is 0 Å². The number of aromatic nitrogens is 1. The number of nitrogens with one attached hydrogen (secondary N) is 3. The number of nitrogens with zero attached hydrogens (tertiary/aromatic N) is 1. The Morgan fingerprint density at radius 2 is 1.70 bits per heavy atom. The molecule has 0 fully saturated rings. The molecule has 0 aliphatic heterocycles. The molecular formula is C16H16N4O3. The second-order valence-corrected chi connectivity index (χ2v) is 4.71. The fraction of sp³-hybridized carbons (Fsp3) is 0.125. The predicted octanol–water partition coefficient (Wildman–Crippen LogP) is 0.581. The maximum atomic E-state index is 11.9. The van der Waals surface area contributed by atoms with Crippen molar-refractivity contribution in [3.8, 4) is 0 Å². The molecule has 0 aliphatic rings. The number of rotatable bonds is 4. The Morgan fingerprint density at radius 3 is 2.39 bits per heavy atom. The van der Waals surface area contributed by atoms with Gasteiger partial charge in [-0.25, -0.2) is 0 Å². The minimum Gasteiger partial charge on any atom is -0.343 e. The van der Waals surface area contributed by atoms with Crippen molar-refractivity contribution in [1.82, 2.24) is 21.2 Å². The van der Waals surface area contributed by atoms with E-state index in [-0.39, 0.29) is 18.1 Å². The van der Waals surface area contributed by atoms with Crippen LogP contribution in [0.4, 0.5) is 0 Å². The molecule has 0 bridgehead atoms. The number of pyridine rings is 1. The van der Waals surface area contributed by atoms with Crippen LogP contribution in [0.15, 0.2) is 48.7 Å². The lowest BCUT2D eigenvalue weighted by Gasteiger charge is -2.09. The number of carbonyl (C=O) groups is 3. The molecule has 0 saturated heterocycles. The van der Waals surface area contributed by atoms with Gasteiger partial charge in [0.25, 0.3) is 17.7 Å². The summed E-state index contributed by atoms with van der Waals surface area (Å²) in [4.78, 5) is 39.1. The fourth-order valence-corrected chi connectivity index (χ4v) is 1.82. The highest BCUT2D eigenvalue weighted by atomic mass is 16.2. The van der Waals surface area contributed by atoms with E-state index in [1.54, 1.807) is 24.3 Å². The summed E-state index contributed by atoms with van der Waals surface area (Å²) < 4.78 is 0. The average Bonchev–Trinajstić information content (AvgIpc) is 2.58. The molecule has 0 spiro atoms. The first-order valence-corrected chi connectivity index (χ1v) is 6.92. The first-order valence-electron chi connectivity index (χ1n) is 6.92. The van der Waals surface area contributed by atoms with Gasteiger partial charge in [0.05, 0.1) is 6.54 Å². The first-order chi connectivity index (χ1) is 11.1. The van der Waals surface area contributed by atoms with E-state index < -0.39 is 11.8 Å². The van der Waals surface area contributed by atoms with E-state index in [0.29, 0.717) is 5.56 Å². The van der Waals surface area contributed by atoms with Crippen LogP contribution in [0, 0.1) is 6.92 Å². The average molecular weight is 312 g/mol. The Kier molecular flexibility index (Phi) is 5.40. The summed E-state index contributed by atoms with van der Waals surface area (Å²) in [7, 11) is 0. The molecule has 1 aromatic carbocycles. The van der Waals surface area contributed by atoms with Gasteiger partial charge in [0.2, 0.25) is 0 Å². The molecule has 0 radical (unpaired) electrons. The highest BCUT2D eigenvalue weighted by molar-refractivity contribution is 5.98. The monoisotopic (exact) mass is 312 g/mol. The van der Waals surface area contributed by atoms with E-state index in [1.165, 1.54) is 12.3 Å². The molecule has 1 aromatic heterocycles. The molecule has 7 heteroatoms. The van der Waals surface area contributed by atoms with E-state index in [9.17, 15) is 14.4 Å². The molecule has 0 atom stereocenters. The zero-order chi connectivity index (χ0) is 16.7. The number of hydrazine groups is 1. The van der Waals surface area contributed by atoms with Crippen molar-refractivity contribution in [3.05, 3.63) is 65.5 Å². The molecule has 0 unspecified atom stereocenters. The van der Waals surface area contributed by atoms with E-state index in [2.05, 4.69) is 21.2 Å². The van der Waals surface area contributed by atoms with Crippen LogP contribution in [0.25, 0.3) is 0 Å². The summed E-state index contributed by atoms with van der Waals surface area (Å²) in [6, 6.07) is 11.9. The number of benzene rings is 1. The van der Waals surface area contributed by atoms with Crippen LogP contribution in [0.2, 0.25) is 0 Å². The summed E-state index contributed by atoms with van der Waals surface area (Å²) in [5, 5.41) is 2.49. The summed E-state index contributed by atoms with van der Waals surface area (Å²) in [6.45, 7) is 1.55. The number of carbonyl (C=O) groups excluding carboxylic acids is 3. The Hall–Kier alpha value is -3.22. The minimum absolute atomic E-state index is 0.178. The first kappa shape index (κ1) is 16.2. The summed E-state index contributed by atoms with van der Waals surface area (Å²) in [6.07, 6.45) is 1.47. The third-order valence-corrected chi connectivity index (χ3v) is 3.01. The lowest BCUT2D eigenvalue weighted by atomic mass is 10.1. The second kappa shape index (κ2) is 7.69. The lowest BCUT2D eigenvalue weighted by molar-refractivity contribution is -0.120.